The van der Waals surface area contributed by atoms with Gasteiger partial charge in [-0.3, -0.25) is 4.79 Å². The van der Waals surface area contributed by atoms with E-state index in [1.807, 2.05) is 13.8 Å². The van der Waals surface area contributed by atoms with E-state index >= 15 is 4.39 Å². The van der Waals surface area contributed by atoms with Gasteiger partial charge in [0.15, 0.2) is 5.82 Å². The molecule has 1 atom stereocenters. The number of nitrogens with one attached hydrogen (secondary N) is 1. The van der Waals surface area contributed by atoms with Gasteiger partial charge in [0.1, 0.15) is 23.7 Å². The minimum absolute atomic E-state index is 0.250. The first-order valence-corrected chi connectivity index (χ1v) is 11.4. The topological polar surface area (TPSA) is 113 Å². The molecule has 1 fully saturated rings. The highest BCUT2D eigenvalue weighted by atomic mass is 32.2. The highest BCUT2D eigenvalue weighted by Crippen LogP contribution is 2.41. The molecule has 2 aromatic rings. The average Bonchev–Trinajstić information content (AvgIpc) is 3.13. The second-order valence-corrected chi connectivity index (χ2v) is 9.63. The van der Waals surface area contributed by atoms with Crippen LogP contribution in [-0.2, 0) is 34.3 Å². The first kappa shape index (κ1) is 20.6. The maximum Gasteiger partial charge on any atom is 0.326 e. The van der Waals surface area contributed by atoms with Crippen LogP contribution >= 0.6 is 0 Å². The highest BCUT2D eigenvalue weighted by molar-refractivity contribution is 7.92. The summed E-state index contributed by atoms with van der Waals surface area (Å²) in [5, 5.41) is 14.3. The molecular formula is C20H24FN3O5S. The lowest BCUT2D eigenvalue weighted by Gasteiger charge is -2.27. The Hall–Kier alpha value is -2.62. The molecule has 1 saturated heterocycles. The molecule has 162 valence electrons. The Labute approximate surface area is 174 Å². The second kappa shape index (κ2) is 7.57. The molecule has 1 aromatic heterocycles. The van der Waals surface area contributed by atoms with E-state index in [4.69, 9.17) is 4.52 Å². The predicted molar refractivity (Wildman–Crippen MR) is 107 cm³/mol. The zero-order valence-electron chi connectivity index (χ0n) is 16.9. The molecule has 10 heteroatoms. The summed E-state index contributed by atoms with van der Waals surface area (Å²) in [5.74, 6) is -0.921. The number of aromatic nitrogens is 1. The Bertz CT molecular complexity index is 1090. The van der Waals surface area contributed by atoms with Crippen LogP contribution in [0.4, 0.5) is 10.1 Å². The largest absolute Gasteiger partial charge is 0.506 e. The molecule has 1 aromatic carbocycles. The number of rotatable bonds is 5. The number of halogens is 1. The summed E-state index contributed by atoms with van der Waals surface area (Å²) in [6, 6.07) is 1.42. The smallest absolute Gasteiger partial charge is 0.326 e. The number of hydrogen-bond acceptors (Lipinski definition) is 6. The summed E-state index contributed by atoms with van der Waals surface area (Å²) >= 11 is 0. The number of amides is 1. The van der Waals surface area contributed by atoms with E-state index in [1.165, 1.54) is 6.07 Å². The maximum atomic E-state index is 15.3. The summed E-state index contributed by atoms with van der Waals surface area (Å²) in [4.78, 5) is 11.5. The van der Waals surface area contributed by atoms with Crippen molar-refractivity contribution in [3.05, 3.63) is 40.0 Å². The number of benzene rings is 1. The van der Waals surface area contributed by atoms with Gasteiger partial charge in [0.25, 0.3) is 5.91 Å². The summed E-state index contributed by atoms with van der Waals surface area (Å²) < 4.78 is 47.2. The summed E-state index contributed by atoms with van der Waals surface area (Å²) in [6.45, 7) is 3.26. The van der Waals surface area contributed by atoms with Crippen LogP contribution in [0.25, 0.3) is 0 Å². The fraction of sp³-hybridized carbons (Fsp3) is 0.500. The molecule has 1 unspecified atom stereocenters. The number of nitrogens with zero attached hydrogens (tertiary/aromatic N) is 2. The van der Waals surface area contributed by atoms with Crippen LogP contribution in [0.5, 0.6) is 5.75 Å². The predicted octanol–water partition coefficient (Wildman–Crippen LogP) is 2.44. The van der Waals surface area contributed by atoms with Crippen molar-refractivity contribution in [3.63, 3.8) is 0 Å². The number of hydrogen-bond donors (Lipinski definition) is 2. The lowest BCUT2D eigenvalue weighted by molar-refractivity contribution is -0.117. The van der Waals surface area contributed by atoms with Crippen LogP contribution in [0.15, 0.2) is 10.6 Å². The van der Waals surface area contributed by atoms with Gasteiger partial charge in [-0.15, -0.1) is 0 Å². The lowest BCUT2D eigenvalue weighted by atomic mass is 9.80. The Morgan fingerprint density at radius 3 is 2.80 bits per heavy atom. The van der Waals surface area contributed by atoms with Crippen LogP contribution in [0.3, 0.4) is 0 Å². The van der Waals surface area contributed by atoms with Crippen LogP contribution in [0.2, 0.25) is 0 Å². The number of anilines is 1. The van der Waals surface area contributed by atoms with E-state index in [1.54, 1.807) is 4.72 Å². The number of carbonyl (C=O) groups is 1. The SMILES string of the molecule is Cc1noc(C)c1CCCC1CCc2cc(O)c(N3CC(=O)NS3(=O)=O)c(F)c2C1. The van der Waals surface area contributed by atoms with Gasteiger partial charge < -0.3 is 9.63 Å². The average molecular weight is 437 g/mol. The molecule has 1 amide bonds. The second-order valence-electron chi connectivity index (χ2n) is 8.04. The van der Waals surface area contributed by atoms with Crippen molar-refractivity contribution >= 4 is 21.8 Å². The van der Waals surface area contributed by atoms with Gasteiger partial charge in [-0.25, -0.2) is 13.4 Å². The van der Waals surface area contributed by atoms with Gasteiger partial charge >= 0.3 is 10.2 Å². The van der Waals surface area contributed by atoms with Gasteiger partial charge in [0.2, 0.25) is 0 Å². The minimum Gasteiger partial charge on any atom is -0.506 e. The van der Waals surface area contributed by atoms with E-state index in [0.29, 0.717) is 28.3 Å². The van der Waals surface area contributed by atoms with Crippen LogP contribution in [0.1, 0.15) is 47.4 Å². The van der Waals surface area contributed by atoms with E-state index in [9.17, 15) is 18.3 Å². The summed E-state index contributed by atoms with van der Waals surface area (Å²) in [7, 11) is -4.20. The quantitative estimate of drug-likeness (QED) is 0.743. The highest BCUT2D eigenvalue weighted by Gasteiger charge is 2.39. The Balaban J connectivity index is 1.52. The lowest BCUT2D eigenvalue weighted by Crippen LogP contribution is -2.31. The van der Waals surface area contributed by atoms with Gasteiger partial charge in [-0.2, -0.15) is 8.42 Å². The van der Waals surface area contributed by atoms with Crippen molar-refractivity contribution in [1.29, 1.82) is 0 Å². The van der Waals surface area contributed by atoms with E-state index in [0.717, 1.165) is 42.7 Å². The molecule has 4 rings (SSSR count). The first-order chi connectivity index (χ1) is 14.2. The van der Waals surface area contributed by atoms with Crippen molar-refractivity contribution in [2.45, 2.75) is 52.4 Å². The molecule has 0 spiro atoms. The third kappa shape index (κ3) is 3.64. The van der Waals surface area contributed by atoms with Gasteiger partial charge in [0.05, 0.1) is 5.69 Å². The molecule has 0 bridgehead atoms. The fourth-order valence-corrected chi connectivity index (χ4v) is 5.63. The molecule has 0 radical (unpaired) electrons. The molecular weight excluding hydrogens is 413 g/mol. The summed E-state index contributed by atoms with van der Waals surface area (Å²) in [5.41, 5.74) is 2.66. The molecule has 1 aliphatic carbocycles. The molecule has 2 heterocycles. The normalized spacial score (nSPS) is 20.3. The van der Waals surface area contributed by atoms with Gasteiger partial charge in [-0.05, 0) is 75.5 Å². The zero-order valence-corrected chi connectivity index (χ0v) is 17.7. The van der Waals surface area contributed by atoms with Gasteiger partial charge in [0, 0.05) is 5.56 Å². The van der Waals surface area contributed by atoms with E-state index in [2.05, 4.69) is 5.16 Å². The van der Waals surface area contributed by atoms with Crippen molar-refractivity contribution in [2.24, 2.45) is 5.92 Å². The van der Waals surface area contributed by atoms with Crippen LogP contribution in [0, 0.1) is 25.6 Å². The summed E-state index contributed by atoms with van der Waals surface area (Å²) in [6.07, 6.45) is 4.59. The van der Waals surface area contributed by atoms with Crippen molar-refractivity contribution < 1.29 is 27.2 Å². The van der Waals surface area contributed by atoms with Crippen LogP contribution in [-0.4, -0.2) is 31.1 Å². The van der Waals surface area contributed by atoms with Gasteiger partial charge in [-0.1, -0.05) is 5.16 Å². The standard InChI is InChI=1S/C20H24FN3O5S/c1-11-15(12(2)29-22-11)5-3-4-13-6-7-14-9-17(25)20(19(21)16(14)8-13)24-10-18(26)23-30(24,27)28/h9,13,25H,3-8,10H2,1-2H3,(H,23,26). The Morgan fingerprint density at radius 2 is 2.17 bits per heavy atom. The van der Waals surface area contributed by atoms with Crippen molar-refractivity contribution in [3.8, 4) is 5.75 Å². The molecule has 8 nitrogen and oxygen atoms in total. The number of fused-ring (bicyclic) bond motifs is 1. The monoisotopic (exact) mass is 437 g/mol. The third-order valence-electron chi connectivity index (χ3n) is 6.02. The van der Waals surface area contributed by atoms with Crippen molar-refractivity contribution in [2.75, 3.05) is 10.8 Å². The molecule has 0 saturated carbocycles. The van der Waals surface area contributed by atoms with E-state index in [-0.39, 0.29) is 5.92 Å². The number of aromatic hydroxyl groups is 1. The number of carbonyl (C=O) groups excluding carboxylic acids is 1. The third-order valence-corrected chi connectivity index (χ3v) is 7.40. The molecule has 2 N–H and O–H groups in total. The Morgan fingerprint density at radius 1 is 1.40 bits per heavy atom. The number of aryl methyl sites for hydroxylation is 3. The number of phenols is 1. The van der Waals surface area contributed by atoms with Crippen LogP contribution < -0.4 is 9.03 Å². The van der Waals surface area contributed by atoms with Crippen molar-refractivity contribution in [1.82, 2.24) is 9.88 Å². The fourth-order valence-electron chi connectivity index (χ4n) is 4.47. The minimum atomic E-state index is -4.20. The maximum absolute atomic E-state index is 15.3. The molecule has 1 aliphatic heterocycles. The first-order valence-electron chi connectivity index (χ1n) is 9.95. The number of phenolic OH excluding ortho intramolecular Hbond substituents is 1. The molecule has 30 heavy (non-hydrogen) atoms. The van der Waals surface area contributed by atoms with E-state index < -0.39 is 39.9 Å². The molecule has 2 aliphatic rings. The Kier molecular flexibility index (Phi) is 5.21. The zero-order chi connectivity index (χ0) is 21.6.